The van der Waals surface area contributed by atoms with Crippen molar-refractivity contribution in [2.75, 3.05) is 0 Å². The number of fused-ring (bicyclic) bond motifs is 6. The summed E-state index contributed by atoms with van der Waals surface area (Å²) < 4.78 is 9.41. The normalized spacial score (nSPS) is 11.6. The maximum absolute atomic E-state index is 6.82. The summed E-state index contributed by atoms with van der Waals surface area (Å²) in [6.07, 6.45) is 0. The molecule has 3 aromatic heterocycles. The summed E-state index contributed by atoms with van der Waals surface area (Å²) in [6.45, 7) is 0. The number of hydrogen-bond donors (Lipinski definition) is 0. The predicted octanol–water partition coefficient (Wildman–Crippen LogP) is 14.1. The standard InChI is InChI=1S/C51H31N3OS/c1-4-13-32(14-5-1)33-23-25-36(26-24-33)50-52-49(35-17-8-3-9-18-35)53-51(54-50)42-21-12-20-41-39-28-27-37(31-45(39)55-47(41)42)38-29-43(34-15-6-2-7-16-34)48-44(30-38)40-19-10-11-22-46(40)56-48/h1-31H. The van der Waals surface area contributed by atoms with Crippen molar-refractivity contribution in [2.24, 2.45) is 0 Å². The number of para-hydroxylation sites is 1. The van der Waals surface area contributed by atoms with Gasteiger partial charge in [-0.2, -0.15) is 0 Å². The first-order valence-electron chi connectivity index (χ1n) is 18.7. The minimum absolute atomic E-state index is 0.563. The highest BCUT2D eigenvalue weighted by molar-refractivity contribution is 7.26. The van der Waals surface area contributed by atoms with Crippen molar-refractivity contribution in [3.63, 3.8) is 0 Å². The van der Waals surface area contributed by atoms with E-state index in [1.54, 1.807) is 0 Å². The first-order chi connectivity index (χ1) is 27.7. The largest absolute Gasteiger partial charge is 0.455 e. The van der Waals surface area contributed by atoms with Crippen molar-refractivity contribution in [1.82, 2.24) is 15.0 Å². The second-order valence-electron chi connectivity index (χ2n) is 14.0. The number of nitrogens with zero attached hydrogens (tertiary/aromatic N) is 3. The highest BCUT2D eigenvalue weighted by atomic mass is 32.1. The third kappa shape index (κ3) is 5.56. The van der Waals surface area contributed by atoms with Crippen LogP contribution in [0.5, 0.6) is 0 Å². The van der Waals surface area contributed by atoms with Crippen LogP contribution < -0.4 is 0 Å². The Kier molecular flexibility index (Phi) is 7.64. The van der Waals surface area contributed by atoms with E-state index in [0.717, 1.165) is 60.9 Å². The Labute approximate surface area is 327 Å². The van der Waals surface area contributed by atoms with Crippen LogP contribution in [0.2, 0.25) is 0 Å². The average Bonchev–Trinajstić information content (AvgIpc) is 3.85. The number of furan rings is 1. The molecule has 0 N–H and O–H groups in total. The second kappa shape index (κ2) is 13.3. The quantitative estimate of drug-likeness (QED) is 0.171. The first-order valence-corrected chi connectivity index (χ1v) is 19.5. The Hall–Kier alpha value is -7.21. The molecule has 0 bridgehead atoms. The smallest absolute Gasteiger partial charge is 0.167 e. The molecule has 0 amide bonds. The van der Waals surface area contributed by atoms with Gasteiger partial charge in [-0.3, -0.25) is 0 Å². The minimum atomic E-state index is 0.563. The molecular weight excluding hydrogens is 703 g/mol. The molecule has 0 radical (unpaired) electrons. The topological polar surface area (TPSA) is 51.8 Å². The van der Waals surface area contributed by atoms with Crippen LogP contribution >= 0.6 is 11.3 Å². The fourth-order valence-corrected chi connectivity index (χ4v) is 8.98. The molecule has 0 aliphatic carbocycles. The lowest BCUT2D eigenvalue weighted by molar-refractivity contribution is 0.669. The van der Waals surface area contributed by atoms with Crippen molar-refractivity contribution in [3.8, 4) is 67.5 Å². The number of rotatable bonds is 6. The average molecular weight is 734 g/mol. The lowest BCUT2D eigenvalue weighted by atomic mass is 9.95. The van der Waals surface area contributed by atoms with E-state index < -0.39 is 0 Å². The van der Waals surface area contributed by atoms with Gasteiger partial charge in [0.25, 0.3) is 0 Å². The summed E-state index contributed by atoms with van der Waals surface area (Å²) in [5, 5.41) is 4.61. The summed E-state index contributed by atoms with van der Waals surface area (Å²) >= 11 is 1.86. The van der Waals surface area contributed by atoms with E-state index in [1.165, 1.54) is 31.3 Å². The van der Waals surface area contributed by atoms with E-state index in [4.69, 9.17) is 19.4 Å². The molecule has 0 fully saturated rings. The summed E-state index contributed by atoms with van der Waals surface area (Å²) in [5.74, 6) is 1.78. The Morgan fingerprint density at radius 2 is 0.911 bits per heavy atom. The van der Waals surface area contributed by atoms with Crippen LogP contribution in [0.1, 0.15) is 0 Å². The van der Waals surface area contributed by atoms with Crippen molar-refractivity contribution in [2.45, 2.75) is 0 Å². The Morgan fingerprint density at radius 1 is 0.339 bits per heavy atom. The van der Waals surface area contributed by atoms with E-state index >= 15 is 0 Å². The lowest BCUT2D eigenvalue weighted by Gasteiger charge is -2.09. The monoisotopic (exact) mass is 733 g/mol. The molecular formula is C51H31N3OS. The molecule has 0 spiro atoms. The molecule has 8 aromatic carbocycles. The van der Waals surface area contributed by atoms with Gasteiger partial charge in [-0.15, -0.1) is 11.3 Å². The third-order valence-corrected chi connectivity index (χ3v) is 11.8. The van der Waals surface area contributed by atoms with Gasteiger partial charge in [0.15, 0.2) is 17.5 Å². The first kappa shape index (κ1) is 32.2. The molecule has 56 heavy (non-hydrogen) atoms. The van der Waals surface area contributed by atoms with E-state index in [2.05, 4.69) is 146 Å². The van der Waals surface area contributed by atoms with Crippen LogP contribution in [0.4, 0.5) is 0 Å². The molecule has 0 aliphatic rings. The molecule has 0 atom stereocenters. The van der Waals surface area contributed by atoms with Crippen LogP contribution in [-0.4, -0.2) is 15.0 Å². The molecule has 5 heteroatoms. The van der Waals surface area contributed by atoms with E-state index in [-0.39, 0.29) is 0 Å². The van der Waals surface area contributed by atoms with Gasteiger partial charge in [-0.25, -0.2) is 15.0 Å². The molecule has 11 aromatic rings. The molecule has 0 aliphatic heterocycles. The van der Waals surface area contributed by atoms with Crippen molar-refractivity contribution in [3.05, 3.63) is 188 Å². The predicted molar refractivity (Wildman–Crippen MR) is 233 cm³/mol. The maximum Gasteiger partial charge on any atom is 0.167 e. The highest BCUT2D eigenvalue weighted by Gasteiger charge is 2.19. The summed E-state index contributed by atoms with van der Waals surface area (Å²) in [6, 6.07) is 65.7. The molecule has 0 unspecified atom stereocenters. The molecule has 3 heterocycles. The molecule has 11 rings (SSSR count). The number of aromatic nitrogens is 3. The second-order valence-corrected chi connectivity index (χ2v) is 15.0. The molecule has 0 saturated carbocycles. The fourth-order valence-electron chi connectivity index (χ4n) is 7.76. The minimum Gasteiger partial charge on any atom is -0.455 e. The van der Waals surface area contributed by atoms with E-state index in [0.29, 0.717) is 17.5 Å². The SMILES string of the molecule is c1ccc(-c2ccc(-c3nc(-c4ccccc4)nc(-c4cccc5c4oc4cc(-c6cc(-c7ccccc7)c7sc8ccccc8c7c6)ccc45)n3)cc2)cc1. The van der Waals surface area contributed by atoms with Crippen molar-refractivity contribution < 1.29 is 4.42 Å². The zero-order valence-electron chi connectivity index (χ0n) is 30.1. The Morgan fingerprint density at radius 3 is 1.66 bits per heavy atom. The third-order valence-electron chi connectivity index (χ3n) is 10.6. The summed E-state index contributed by atoms with van der Waals surface area (Å²) in [7, 11) is 0. The van der Waals surface area contributed by atoms with Crippen molar-refractivity contribution in [1.29, 1.82) is 0 Å². The van der Waals surface area contributed by atoms with E-state index in [1.807, 2.05) is 53.8 Å². The Bertz CT molecular complexity index is 3230. The van der Waals surface area contributed by atoms with Gasteiger partial charge in [0.05, 0.1) is 5.56 Å². The molecule has 4 nitrogen and oxygen atoms in total. The summed E-state index contributed by atoms with van der Waals surface area (Å²) in [4.78, 5) is 15.1. The van der Waals surface area contributed by atoms with Crippen LogP contribution in [-0.2, 0) is 0 Å². The number of benzene rings is 8. The lowest BCUT2D eigenvalue weighted by Crippen LogP contribution is -2.00. The molecule has 262 valence electrons. The highest BCUT2D eigenvalue weighted by Crippen LogP contribution is 2.44. The van der Waals surface area contributed by atoms with Crippen LogP contribution in [0.15, 0.2) is 192 Å². The number of hydrogen-bond acceptors (Lipinski definition) is 5. The van der Waals surface area contributed by atoms with Gasteiger partial charge in [-0.05, 0) is 64.2 Å². The maximum atomic E-state index is 6.82. The van der Waals surface area contributed by atoms with Gasteiger partial charge in [0.1, 0.15) is 11.2 Å². The van der Waals surface area contributed by atoms with Gasteiger partial charge in [0, 0.05) is 47.6 Å². The van der Waals surface area contributed by atoms with Crippen LogP contribution in [0.25, 0.3) is 110 Å². The summed E-state index contributed by atoms with van der Waals surface area (Å²) in [5.41, 5.74) is 11.2. The van der Waals surface area contributed by atoms with Crippen molar-refractivity contribution >= 4 is 53.4 Å². The Balaban J connectivity index is 1.05. The van der Waals surface area contributed by atoms with Crippen LogP contribution in [0, 0.1) is 0 Å². The van der Waals surface area contributed by atoms with Gasteiger partial charge < -0.3 is 4.42 Å². The van der Waals surface area contributed by atoms with Gasteiger partial charge in [-0.1, -0.05) is 152 Å². The number of thiophene rings is 1. The zero-order valence-corrected chi connectivity index (χ0v) is 30.9. The van der Waals surface area contributed by atoms with Gasteiger partial charge >= 0.3 is 0 Å². The van der Waals surface area contributed by atoms with Crippen LogP contribution in [0.3, 0.4) is 0 Å². The van der Waals surface area contributed by atoms with Gasteiger partial charge in [0.2, 0.25) is 0 Å². The van der Waals surface area contributed by atoms with E-state index in [9.17, 15) is 0 Å². The zero-order chi connectivity index (χ0) is 37.0. The molecule has 0 saturated heterocycles. The fraction of sp³-hybridized carbons (Fsp3) is 0.